The van der Waals surface area contributed by atoms with Crippen molar-refractivity contribution in [1.82, 2.24) is 24.8 Å². The molecule has 0 radical (unpaired) electrons. The summed E-state index contributed by atoms with van der Waals surface area (Å²) in [7, 11) is 0. The van der Waals surface area contributed by atoms with Crippen LogP contribution in [0.15, 0.2) is 53.7 Å². The van der Waals surface area contributed by atoms with Crippen LogP contribution in [-0.2, 0) is 22.6 Å². The second kappa shape index (κ2) is 10.5. The SMILES string of the molecule is N=C(SC(=N)c1ccccn1)C(=O)Nc1cnc2n(c1=O)C(C(=O)NCc1cc3cnc(N)cc3s1)CC2. The fourth-order valence-electron chi connectivity index (χ4n) is 4.00. The Bertz CT molecular complexity index is 1650. The van der Waals surface area contributed by atoms with Gasteiger partial charge in [-0.3, -0.25) is 34.8 Å². The van der Waals surface area contributed by atoms with Gasteiger partial charge >= 0.3 is 0 Å². The number of carbonyl (C=O) groups is 2. The number of nitrogens with one attached hydrogen (secondary N) is 4. The van der Waals surface area contributed by atoms with E-state index in [1.165, 1.54) is 28.3 Å². The molecule has 0 spiro atoms. The summed E-state index contributed by atoms with van der Waals surface area (Å²) in [5.74, 6) is -0.335. The zero-order valence-corrected chi connectivity index (χ0v) is 21.4. The van der Waals surface area contributed by atoms with Crippen LogP contribution in [0.25, 0.3) is 10.1 Å². The Balaban J connectivity index is 1.26. The highest BCUT2D eigenvalue weighted by atomic mass is 32.2. The third kappa shape index (κ3) is 5.17. The van der Waals surface area contributed by atoms with Crippen molar-refractivity contribution in [2.45, 2.75) is 25.4 Å². The molecule has 0 aliphatic carbocycles. The molecule has 0 saturated heterocycles. The number of carbonyl (C=O) groups excluding carboxylic acids is 2. The molecule has 4 aromatic heterocycles. The number of fused-ring (bicyclic) bond motifs is 2. The van der Waals surface area contributed by atoms with Crippen LogP contribution in [0.1, 0.15) is 28.9 Å². The monoisotopic (exact) mass is 547 g/mol. The fourth-order valence-corrected chi connectivity index (χ4v) is 5.59. The number of amides is 2. The molecule has 6 N–H and O–H groups in total. The van der Waals surface area contributed by atoms with Crippen LogP contribution in [-0.4, -0.2) is 41.4 Å². The first-order valence-electron chi connectivity index (χ1n) is 11.4. The maximum Gasteiger partial charge on any atom is 0.280 e. The van der Waals surface area contributed by atoms with E-state index >= 15 is 0 Å². The van der Waals surface area contributed by atoms with Crippen LogP contribution >= 0.6 is 23.1 Å². The zero-order valence-electron chi connectivity index (χ0n) is 19.7. The zero-order chi connectivity index (χ0) is 26.8. The molecular weight excluding hydrogens is 526 g/mol. The first kappa shape index (κ1) is 25.2. The Labute approximate surface area is 223 Å². The second-order valence-electron chi connectivity index (χ2n) is 8.32. The minimum absolute atomic E-state index is 0.0790. The largest absolute Gasteiger partial charge is 0.384 e. The Kier molecular flexibility index (Phi) is 6.98. The molecule has 5 rings (SSSR count). The standard InChI is InChI=1S/C24H21N9O3S2/c25-18-8-17-12(9-29-18)7-13(37-17)10-31-22(34)16-4-5-19-30-11-15(24(36)33(16)19)32-23(35)21(27)38-20(26)14-3-1-2-6-28-14/h1-3,6-9,11,16,26-27H,4-5,10H2,(H2,25,29)(H,31,34)(H,32,35). The van der Waals surface area contributed by atoms with Crippen molar-refractivity contribution >= 4 is 66.6 Å². The fraction of sp³-hybridized carbons (Fsp3) is 0.167. The number of thioether (sulfide) groups is 1. The number of rotatable bonds is 5. The smallest absolute Gasteiger partial charge is 0.280 e. The molecule has 1 aliphatic heterocycles. The predicted molar refractivity (Wildman–Crippen MR) is 147 cm³/mol. The number of nitrogens with zero attached hydrogens (tertiary/aromatic N) is 4. The normalized spacial score (nSPS) is 14.2. The third-order valence-corrected chi connectivity index (χ3v) is 7.69. The van der Waals surface area contributed by atoms with Crippen LogP contribution in [0, 0.1) is 10.8 Å². The molecule has 0 aromatic carbocycles. The van der Waals surface area contributed by atoms with Gasteiger partial charge in [-0.05, 0) is 42.4 Å². The molecular formula is C24H21N9O3S2. The van der Waals surface area contributed by atoms with Gasteiger partial charge < -0.3 is 16.4 Å². The molecule has 1 atom stereocenters. The van der Waals surface area contributed by atoms with E-state index in [0.29, 0.717) is 41.9 Å². The molecule has 1 aliphatic rings. The highest BCUT2D eigenvalue weighted by molar-refractivity contribution is 8.28. The molecule has 0 bridgehead atoms. The molecule has 4 aromatic rings. The molecule has 0 fully saturated rings. The summed E-state index contributed by atoms with van der Waals surface area (Å²) in [6.45, 7) is 0.277. The number of nitrogen functional groups attached to an aromatic ring is 1. The van der Waals surface area contributed by atoms with Gasteiger partial charge in [-0.1, -0.05) is 6.07 Å². The molecule has 38 heavy (non-hydrogen) atoms. The van der Waals surface area contributed by atoms with Crippen molar-refractivity contribution in [2.75, 3.05) is 11.1 Å². The molecule has 2 amide bonds. The minimum Gasteiger partial charge on any atom is -0.384 e. The van der Waals surface area contributed by atoms with Gasteiger partial charge in [0, 0.05) is 33.8 Å². The van der Waals surface area contributed by atoms with E-state index in [9.17, 15) is 14.4 Å². The predicted octanol–water partition coefficient (Wildman–Crippen LogP) is 2.31. The van der Waals surface area contributed by atoms with Gasteiger partial charge in [0.05, 0.1) is 18.4 Å². The topological polar surface area (TPSA) is 193 Å². The van der Waals surface area contributed by atoms with E-state index in [1.807, 2.05) is 6.07 Å². The number of aryl methyl sites for hydroxylation is 1. The van der Waals surface area contributed by atoms with Gasteiger partial charge in [0.1, 0.15) is 28.4 Å². The van der Waals surface area contributed by atoms with Crippen molar-refractivity contribution in [2.24, 2.45) is 0 Å². The summed E-state index contributed by atoms with van der Waals surface area (Å²) in [4.78, 5) is 52.0. The summed E-state index contributed by atoms with van der Waals surface area (Å²) < 4.78 is 2.25. The molecule has 14 heteroatoms. The van der Waals surface area contributed by atoms with Gasteiger partial charge in [0.25, 0.3) is 11.5 Å². The Hall–Kier alpha value is -4.43. The van der Waals surface area contributed by atoms with Crippen LogP contribution in [0.5, 0.6) is 0 Å². The van der Waals surface area contributed by atoms with E-state index < -0.39 is 22.6 Å². The van der Waals surface area contributed by atoms with Gasteiger partial charge in [0.15, 0.2) is 5.04 Å². The molecule has 12 nitrogen and oxygen atoms in total. The number of thiophene rings is 1. The van der Waals surface area contributed by atoms with Gasteiger partial charge in [-0.25, -0.2) is 9.97 Å². The van der Waals surface area contributed by atoms with Crippen LogP contribution < -0.4 is 21.9 Å². The Morgan fingerprint density at radius 2 is 2.03 bits per heavy atom. The Morgan fingerprint density at radius 1 is 1.18 bits per heavy atom. The van der Waals surface area contributed by atoms with E-state index in [0.717, 1.165) is 15.0 Å². The van der Waals surface area contributed by atoms with Crippen molar-refractivity contribution in [1.29, 1.82) is 10.8 Å². The molecule has 0 saturated carbocycles. The quantitative estimate of drug-likeness (QED) is 0.185. The van der Waals surface area contributed by atoms with E-state index in [4.69, 9.17) is 16.6 Å². The number of anilines is 2. The number of hydrogen-bond acceptors (Lipinski definition) is 11. The lowest BCUT2D eigenvalue weighted by Crippen LogP contribution is -2.37. The lowest BCUT2D eigenvalue weighted by Gasteiger charge is -2.15. The molecule has 192 valence electrons. The average molecular weight is 548 g/mol. The van der Waals surface area contributed by atoms with E-state index in [2.05, 4.69) is 25.6 Å². The van der Waals surface area contributed by atoms with Gasteiger partial charge in [-0.2, -0.15) is 0 Å². The maximum atomic E-state index is 13.2. The minimum atomic E-state index is -0.867. The van der Waals surface area contributed by atoms with Gasteiger partial charge in [-0.15, -0.1) is 11.3 Å². The maximum absolute atomic E-state index is 13.2. The first-order chi connectivity index (χ1) is 18.3. The lowest BCUT2D eigenvalue weighted by atomic mass is 10.2. The van der Waals surface area contributed by atoms with Gasteiger partial charge in [0.2, 0.25) is 5.91 Å². The highest BCUT2D eigenvalue weighted by Gasteiger charge is 2.31. The summed E-state index contributed by atoms with van der Waals surface area (Å²) in [6, 6.07) is 7.91. The van der Waals surface area contributed by atoms with Crippen LogP contribution in [0.2, 0.25) is 0 Å². The van der Waals surface area contributed by atoms with Crippen molar-refractivity contribution in [3.05, 3.63) is 75.7 Å². The van der Waals surface area contributed by atoms with E-state index in [-0.39, 0.29) is 23.2 Å². The van der Waals surface area contributed by atoms with E-state index in [1.54, 1.807) is 30.5 Å². The number of aromatic nitrogens is 4. The summed E-state index contributed by atoms with van der Waals surface area (Å²) in [5.41, 5.74) is 5.33. The lowest BCUT2D eigenvalue weighted by molar-refractivity contribution is -0.124. The second-order valence-corrected chi connectivity index (χ2v) is 10.5. The number of hydrogen-bond donors (Lipinski definition) is 5. The average Bonchev–Trinajstić information content (AvgIpc) is 3.53. The first-order valence-corrected chi connectivity index (χ1v) is 13.0. The summed E-state index contributed by atoms with van der Waals surface area (Å²) in [6.07, 6.45) is 5.24. The molecule has 1 unspecified atom stereocenters. The number of pyridine rings is 2. The van der Waals surface area contributed by atoms with Crippen molar-refractivity contribution in [3.63, 3.8) is 0 Å². The summed E-state index contributed by atoms with van der Waals surface area (Å²) in [5, 5.41) is 21.7. The molecule has 5 heterocycles. The number of nitrogens with two attached hydrogens (primary N) is 1. The third-order valence-electron chi connectivity index (χ3n) is 5.79. The summed E-state index contributed by atoms with van der Waals surface area (Å²) >= 11 is 2.11. The van der Waals surface area contributed by atoms with Crippen LogP contribution in [0.3, 0.4) is 0 Å². The van der Waals surface area contributed by atoms with Crippen LogP contribution in [0.4, 0.5) is 11.5 Å². The van der Waals surface area contributed by atoms with Crippen molar-refractivity contribution < 1.29 is 9.59 Å². The highest BCUT2D eigenvalue weighted by Crippen LogP contribution is 2.27. The Morgan fingerprint density at radius 3 is 2.82 bits per heavy atom. The van der Waals surface area contributed by atoms with Crippen molar-refractivity contribution in [3.8, 4) is 0 Å².